The van der Waals surface area contributed by atoms with Gasteiger partial charge in [0.2, 0.25) is 11.2 Å². The molecule has 160 valence electrons. The number of hydrogen-bond acceptors (Lipinski definition) is 7. The summed E-state index contributed by atoms with van der Waals surface area (Å²) in [6.45, 7) is 0. The van der Waals surface area contributed by atoms with Gasteiger partial charge in [0.1, 0.15) is 5.58 Å². The van der Waals surface area contributed by atoms with Crippen molar-refractivity contribution in [2.45, 2.75) is 0 Å². The maximum atomic E-state index is 12.7. The van der Waals surface area contributed by atoms with Crippen molar-refractivity contribution in [1.82, 2.24) is 5.32 Å². The molecule has 0 bridgehead atoms. The van der Waals surface area contributed by atoms with E-state index in [0.29, 0.717) is 5.56 Å². The topological polar surface area (TPSA) is 149 Å². The Morgan fingerprint density at radius 1 is 0.844 bits per heavy atom. The van der Waals surface area contributed by atoms with Crippen molar-refractivity contribution < 1.29 is 29.3 Å². The van der Waals surface area contributed by atoms with Crippen molar-refractivity contribution in [3.63, 3.8) is 0 Å². The smallest absolute Gasteiger partial charge is 0.326 e. The van der Waals surface area contributed by atoms with Gasteiger partial charge in [0, 0.05) is 16.8 Å². The second kappa shape index (κ2) is 8.15. The molecular formula is C23H16N2O7. The van der Waals surface area contributed by atoms with Crippen LogP contribution in [0.15, 0.2) is 75.9 Å². The lowest BCUT2D eigenvalue weighted by Gasteiger charge is -2.09. The van der Waals surface area contributed by atoms with Crippen LogP contribution in [0.2, 0.25) is 0 Å². The Hall–Kier alpha value is -4.79. The maximum absolute atomic E-state index is 12.7. The summed E-state index contributed by atoms with van der Waals surface area (Å²) in [7, 11) is 0. The molecule has 5 N–H and O–H groups in total. The minimum atomic E-state index is -0.803. The quantitative estimate of drug-likeness (QED) is 0.311. The Bertz CT molecular complexity index is 1410. The number of hydrogen-bond donors (Lipinski definition) is 5. The van der Waals surface area contributed by atoms with Gasteiger partial charge in [-0.2, -0.15) is 0 Å². The van der Waals surface area contributed by atoms with Crippen molar-refractivity contribution >= 4 is 28.6 Å². The summed E-state index contributed by atoms with van der Waals surface area (Å²) in [5, 5.41) is 34.1. The standard InChI is InChI=1S/C23H16N2O7/c26-16-8-6-13(10-17(16)27)21-20(29)19(28)15-11-14(7-9-18(15)32-21)24-23(31)25-22(30)12-4-2-1-3-5-12/h1-11,26-27,29H,(H2,24,25,30,31). The van der Waals surface area contributed by atoms with E-state index in [-0.39, 0.29) is 33.7 Å². The largest absolute Gasteiger partial charge is 0.504 e. The highest BCUT2D eigenvalue weighted by Crippen LogP contribution is 2.35. The molecule has 0 aliphatic heterocycles. The molecule has 4 rings (SSSR count). The lowest BCUT2D eigenvalue weighted by atomic mass is 10.1. The summed E-state index contributed by atoms with van der Waals surface area (Å²) < 4.78 is 5.61. The number of carbonyl (C=O) groups excluding carboxylic acids is 2. The molecule has 0 unspecified atom stereocenters. The van der Waals surface area contributed by atoms with Gasteiger partial charge in [-0.1, -0.05) is 18.2 Å². The molecule has 0 radical (unpaired) electrons. The zero-order chi connectivity index (χ0) is 22.8. The number of phenolic OH excluding ortho intramolecular Hbond substituents is 2. The first-order chi connectivity index (χ1) is 15.3. The first kappa shape index (κ1) is 20.5. The molecule has 3 aromatic carbocycles. The van der Waals surface area contributed by atoms with Crippen molar-refractivity contribution in [3.05, 3.63) is 82.5 Å². The highest BCUT2D eigenvalue weighted by molar-refractivity contribution is 6.08. The van der Waals surface area contributed by atoms with E-state index in [1.807, 2.05) is 0 Å². The molecule has 0 aliphatic rings. The van der Waals surface area contributed by atoms with Gasteiger partial charge in [-0.05, 0) is 48.5 Å². The van der Waals surface area contributed by atoms with Gasteiger partial charge >= 0.3 is 6.03 Å². The van der Waals surface area contributed by atoms with Crippen LogP contribution < -0.4 is 16.1 Å². The zero-order valence-corrected chi connectivity index (χ0v) is 16.3. The lowest BCUT2D eigenvalue weighted by Crippen LogP contribution is -2.34. The summed E-state index contributed by atoms with van der Waals surface area (Å²) >= 11 is 0. The van der Waals surface area contributed by atoms with Crippen molar-refractivity contribution in [2.24, 2.45) is 0 Å². The number of fused-ring (bicyclic) bond motifs is 1. The fraction of sp³-hybridized carbons (Fsp3) is 0. The van der Waals surface area contributed by atoms with Crippen LogP contribution in [-0.4, -0.2) is 27.3 Å². The van der Waals surface area contributed by atoms with Crippen LogP contribution in [0.3, 0.4) is 0 Å². The molecule has 1 heterocycles. The van der Waals surface area contributed by atoms with E-state index in [1.54, 1.807) is 30.3 Å². The fourth-order valence-electron chi connectivity index (χ4n) is 3.05. The molecular weight excluding hydrogens is 416 g/mol. The molecule has 0 atom stereocenters. The number of carbonyl (C=O) groups is 2. The van der Waals surface area contributed by atoms with Gasteiger partial charge < -0.3 is 25.1 Å². The highest BCUT2D eigenvalue weighted by Gasteiger charge is 2.17. The fourth-order valence-corrected chi connectivity index (χ4v) is 3.05. The summed E-state index contributed by atoms with van der Waals surface area (Å²) in [4.78, 5) is 36.9. The highest BCUT2D eigenvalue weighted by atomic mass is 16.4. The molecule has 1 aromatic heterocycles. The number of phenols is 2. The summed E-state index contributed by atoms with van der Waals surface area (Å²) in [5.74, 6) is -2.30. The lowest BCUT2D eigenvalue weighted by molar-refractivity contribution is 0.0967. The van der Waals surface area contributed by atoms with E-state index in [1.165, 1.54) is 30.3 Å². The predicted octanol–water partition coefficient (Wildman–Crippen LogP) is 3.54. The average Bonchev–Trinajstić information content (AvgIpc) is 2.79. The average molecular weight is 432 g/mol. The Balaban J connectivity index is 1.61. The van der Waals surface area contributed by atoms with Crippen LogP contribution in [-0.2, 0) is 0 Å². The molecule has 3 amide bonds. The van der Waals surface area contributed by atoms with E-state index in [9.17, 15) is 29.7 Å². The molecule has 9 nitrogen and oxygen atoms in total. The van der Waals surface area contributed by atoms with Gasteiger partial charge in [-0.3, -0.25) is 14.9 Å². The maximum Gasteiger partial charge on any atom is 0.326 e. The van der Waals surface area contributed by atoms with E-state index in [4.69, 9.17) is 4.42 Å². The van der Waals surface area contributed by atoms with Crippen LogP contribution in [0, 0.1) is 0 Å². The predicted molar refractivity (Wildman–Crippen MR) is 116 cm³/mol. The Kier molecular flexibility index (Phi) is 5.22. The first-order valence-electron chi connectivity index (χ1n) is 9.33. The number of rotatable bonds is 3. The number of benzene rings is 3. The van der Waals surface area contributed by atoms with E-state index >= 15 is 0 Å². The third kappa shape index (κ3) is 3.94. The number of nitrogens with one attached hydrogen (secondary N) is 2. The molecule has 0 fully saturated rings. The van der Waals surface area contributed by atoms with Crippen molar-refractivity contribution in [2.75, 3.05) is 5.32 Å². The number of imide groups is 1. The van der Waals surface area contributed by atoms with E-state index in [0.717, 1.165) is 6.07 Å². The van der Waals surface area contributed by atoms with E-state index < -0.39 is 28.9 Å². The second-order valence-corrected chi connectivity index (χ2v) is 6.80. The summed E-state index contributed by atoms with van der Waals surface area (Å²) in [6.07, 6.45) is 0. The van der Waals surface area contributed by atoms with Crippen LogP contribution >= 0.6 is 0 Å². The Morgan fingerprint density at radius 3 is 2.31 bits per heavy atom. The van der Waals surface area contributed by atoms with Gasteiger partial charge in [-0.15, -0.1) is 0 Å². The number of aromatic hydroxyl groups is 3. The van der Waals surface area contributed by atoms with Crippen molar-refractivity contribution in [1.29, 1.82) is 0 Å². The Labute approximate surface area is 180 Å². The number of urea groups is 1. The van der Waals surface area contributed by atoms with Gasteiger partial charge in [0.15, 0.2) is 17.3 Å². The van der Waals surface area contributed by atoms with Crippen molar-refractivity contribution in [3.8, 4) is 28.6 Å². The molecule has 0 aliphatic carbocycles. The summed E-state index contributed by atoms with van der Waals surface area (Å²) in [6, 6.07) is 15.2. The van der Waals surface area contributed by atoms with Gasteiger partial charge in [0.05, 0.1) is 5.39 Å². The minimum Gasteiger partial charge on any atom is -0.504 e. The van der Waals surface area contributed by atoms with E-state index in [2.05, 4.69) is 10.6 Å². The monoisotopic (exact) mass is 432 g/mol. The molecule has 32 heavy (non-hydrogen) atoms. The summed E-state index contributed by atoms with van der Waals surface area (Å²) in [5.41, 5.74) is 0.0230. The van der Waals surface area contributed by atoms with Gasteiger partial charge in [0.25, 0.3) is 5.91 Å². The first-order valence-corrected chi connectivity index (χ1v) is 9.33. The second-order valence-electron chi connectivity index (χ2n) is 6.80. The normalized spacial score (nSPS) is 10.6. The Morgan fingerprint density at radius 2 is 1.59 bits per heavy atom. The minimum absolute atomic E-state index is 0.0126. The molecule has 0 saturated heterocycles. The SMILES string of the molecule is O=C(NC(=O)c1ccccc1)Nc1ccc2oc(-c3ccc(O)c(O)c3)c(O)c(=O)c2c1. The molecule has 0 spiro atoms. The number of amides is 3. The van der Waals surface area contributed by atoms with Crippen LogP contribution in [0.5, 0.6) is 17.2 Å². The third-order valence-corrected chi connectivity index (χ3v) is 4.62. The van der Waals surface area contributed by atoms with Crippen LogP contribution in [0.1, 0.15) is 10.4 Å². The number of anilines is 1. The third-order valence-electron chi connectivity index (χ3n) is 4.62. The zero-order valence-electron chi connectivity index (χ0n) is 16.3. The molecule has 4 aromatic rings. The van der Waals surface area contributed by atoms with Gasteiger partial charge in [-0.25, -0.2) is 4.79 Å². The van der Waals surface area contributed by atoms with Crippen LogP contribution in [0.25, 0.3) is 22.3 Å². The molecule has 0 saturated carbocycles. The van der Waals surface area contributed by atoms with Crippen LogP contribution in [0.4, 0.5) is 10.5 Å². The molecule has 9 heteroatoms.